The molecule has 0 spiro atoms. The number of ether oxygens (including phenoxy) is 1. The molecule has 0 fully saturated rings. The third-order valence-corrected chi connectivity index (χ3v) is 3.72. The molecule has 8 heteroatoms. The van der Waals surface area contributed by atoms with Gasteiger partial charge in [0.1, 0.15) is 11.6 Å². The molecule has 0 saturated carbocycles. The topological polar surface area (TPSA) is 51.2 Å². The number of carbonyl (C=O) groups is 1. The van der Waals surface area contributed by atoms with Gasteiger partial charge >= 0.3 is 6.18 Å². The van der Waals surface area contributed by atoms with Crippen molar-refractivity contribution in [2.24, 2.45) is 0 Å². The lowest BCUT2D eigenvalue weighted by molar-refractivity contribution is -0.142. The fraction of sp³-hybridized carbons (Fsp3) is 0.100. The van der Waals surface area contributed by atoms with E-state index < -0.39 is 29.3 Å². The zero-order valence-electron chi connectivity index (χ0n) is 14.5. The largest absolute Gasteiger partial charge is 0.455 e. The van der Waals surface area contributed by atoms with Crippen molar-refractivity contribution >= 4 is 11.6 Å². The number of anilines is 1. The Morgan fingerprint density at radius 1 is 1.07 bits per heavy atom. The zero-order valence-corrected chi connectivity index (χ0v) is 14.5. The molecule has 28 heavy (non-hydrogen) atoms. The van der Waals surface area contributed by atoms with Gasteiger partial charge in [-0.05, 0) is 55.0 Å². The van der Waals surface area contributed by atoms with E-state index in [1.54, 1.807) is 6.92 Å². The number of nitrogens with one attached hydrogen (secondary N) is 1. The molecule has 0 bridgehead atoms. The lowest BCUT2D eigenvalue weighted by Gasteiger charge is -2.13. The summed E-state index contributed by atoms with van der Waals surface area (Å²) in [5.41, 5.74) is -0.408. The van der Waals surface area contributed by atoms with Crippen molar-refractivity contribution in [2.45, 2.75) is 13.1 Å². The van der Waals surface area contributed by atoms with Crippen LogP contribution >= 0.6 is 0 Å². The molecule has 0 aliphatic rings. The fourth-order valence-corrected chi connectivity index (χ4v) is 2.41. The van der Waals surface area contributed by atoms with E-state index in [0.717, 1.165) is 6.20 Å². The Bertz CT molecular complexity index is 1000. The molecule has 0 atom stereocenters. The molecule has 0 unspecified atom stereocenters. The molecule has 144 valence electrons. The Morgan fingerprint density at radius 2 is 1.75 bits per heavy atom. The third kappa shape index (κ3) is 4.46. The maximum atomic E-state index is 13.6. The van der Waals surface area contributed by atoms with Gasteiger partial charge in [0.25, 0.3) is 5.91 Å². The summed E-state index contributed by atoms with van der Waals surface area (Å²) in [6, 6.07) is 12.4. The zero-order chi connectivity index (χ0) is 20.3. The maximum absolute atomic E-state index is 13.6. The molecule has 1 amide bonds. The quantitative estimate of drug-likeness (QED) is 0.591. The summed E-state index contributed by atoms with van der Waals surface area (Å²) in [7, 11) is 0. The number of nitrogens with zero attached hydrogens (tertiary/aromatic N) is 1. The van der Waals surface area contributed by atoms with Crippen molar-refractivity contribution in [1.82, 2.24) is 4.98 Å². The molecule has 2 aromatic carbocycles. The lowest BCUT2D eigenvalue weighted by atomic mass is 10.2. The first-order valence-corrected chi connectivity index (χ1v) is 8.11. The lowest BCUT2D eigenvalue weighted by Crippen LogP contribution is -2.13. The van der Waals surface area contributed by atoms with Gasteiger partial charge in [-0.1, -0.05) is 12.1 Å². The highest BCUT2D eigenvalue weighted by Crippen LogP contribution is 2.37. The van der Waals surface area contributed by atoms with E-state index in [9.17, 15) is 22.4 Å². The number of aromatic nitrogens is 1. The molecule has 0 saturated heterocycles. The SMILES string of the molecule is Cc1cnc(C(F)(F)F)c(Oc2ccc(NC(=O)c3ccccc3F)cc2)c1. The molecule has 1 heterocycles. The normalized spacial score (nSPS) is 11.2. The number of rotatable bonds is 4. The summed E-state index contributed by atoms with van der Waals surface area (Å²) in [6.07, 6.45) is -3.55. The number of pyridine rings is 1. The maximum Gasteiger partial charge on any atom is 0.437 e. The van der Waals surface area contributed by atoms with Gasteiger partial charge in [0.05, 0.1) is 5.56 Å². The van der Waals surface area contributed by atoms with Crippen LogP contribution in [0.1, 0.15) is 21.6 Å². The number of hydrogen-bond acceptors (Lipinski definition) is 3. The summed E-state index contributed by atoms with van der Waals surface area (Å²) in [6.45, 7) is 1.60. The highest BCUT2D eigenvalue weighted by molar-refractivity contribution is 6.04. The van der Waals surface area contributed by atoms with Crippen molar-refractivity contribution in [3.8, 4) is 11.5 Å². The van der Waals surface area contributed by atoms with Crippen LogP contribution in [0.5, 0.6) is 11.5 Å². The van der Waals surface area contributed by atoms with Gasteiger partial charge in [-0.25, -0.2) is 9.37 Å². The summed E-state index contributed by atoms with van der Waals surface area (Å²) in [5, 5.41) is 2.51. The Balaban J connectivity index is 1.76. The predicted molar refractivity (Wildman–Crippen MR) is 94.8 cm³/mol. The second-order valence-electron chi connectivity index (χ2n) is 5.92. The van der Waals surface area contributed by atoms with Crippen molar-refractivity contribution in [3.63, 3.8) is 0 Å². The van der Waals surface area contributed by atoms with Gasteiger partial charge in [-0.15, -0.1) is 0 Å². The number of benzene rings is 2. The minimum atomic E-state index is -4.66. The Labute approximate surface area is 157 Å². The number of alkyl halides is 3. The molecule has 0 aliphatic heterocycles. The van der Waals surface area contributed by atoms with Gasteiger partial charge in [-0.3, -0.25) is 4.79 Å². The van der Waals surface area contributed by atoms with Crippen molar-refractivity contribution < 1.29 is 27.1 Å². The first-order chi connectivity index (χ1) is 13.2. The van der Waals surface area contributed by atoms with Crippen LogP contribution in [0.25, 0.3) is 0 Å². The van der Waals surface area contributed by atoms with Crippen LogP contribution in [0, 0.1) is 12.7 Å². The molecule has 0 radical (unpaired) electrons. The van der Waals surface area contributed by atoms with Gasteiger partial charge in [0, 0.05) is 11.9 Å². The van der Waals surface area contributed by atoms with E-state index >= 15 is 0 Å². The highest BCUT2D eigenvalue weighted by Gasteiger charge is 2.36. The first-order valence-electron chi connectivity index (χ1n) is 8.11. The highest BCUT2D eigenvalue weighted by atomic mass is 19.4. The minimum Gasteiger partial charge on any atom is -0.455 e. The van der Waals surface area contributed by atoms with E-state index in [1.165, 1.54) is 54.6 Å². The molecule has 1 N–H and O–H groups in total. The Hall–Kier alpha value is -3.42. The van der Waals surface area contributed by atoms with Gasteiger partial charge < -0.3 is 10.1 Å². The summed E-state index contributed by atoms with van der Waals surface area (Å²) >= 11 is 0. The Morgan fingerprint density at radius 3 is 2.39 bits per heavy atom. The molecule has 0 aliphatic carbocycles. The molecule has 3 aromatic rings. The molecular weight excluding hydrogens is 376 g/mol. The van der Waals surface area contributed by atoms with Crippen molar-refractivity contribution in [1.29, 1.82) is 0 Å². The molecule has 3 rings (SSSR count). The predicted octanol–water partition coefficient (Wildman–Crippen LogP) is 5.59. The minimum absolute atomic E-state index is 0.122. The molecule has 4 nitrogen and oxygen atoms in total. The number of halogens is 4. The second-order valence-corrected chi connectivity index (χ2v) is 5.92. The van der Waals surface area contributed by atoms with Gasteiger partial charge in [0.15, 0.2) is 11.4 Å². The fourth-order valence-electron chi connectivity index (χ4n) is 2.41. The van der Waals surface area contributed by atoms with Crippen LogP contribution < -0.4 is 10.1 Å². The van der Waals surface area contributed by atoms with Crippen molar-refractivity contribution in [2.75, 3.05) is 5.32 Å². The van der Waals surface area contributed by atoms with Crippen LogP contribution in [0.3, 0.4) is 0 Å². The van der Waals surface area contributed by atoms with E-state index in [2.05, 4.69) is 10.3 Å². The third-order valence-electron chi connectivity index (χ3n) is 3.72. The second kappa shape index (κ2) is 7.67. The Kier molecular flexibility index (Phi) is 5.30. The number of hydrogen-bond donors (Lipinski definition) is 1. The molecule has 1 aromatic heterocycles. The average molecular weight is 390 g/mol. The number of aryl methyl sites for hydroxylation is 1. The molecular formula is C20H14F4N2O2. The smallest absolute Gasteiger partial charge is 0.437 e. The van der Waals surface area contributed by atoms with E-state index in [4.69, 9.17) is 4.74 Å². The van der Waals surface area contributed by atoms with Crippen LogP contribution in [-0.2, 0) is 6.18 Å². The van der Waals surface area contributed by atoms with Crippen LogP contribution in [0.15, 0.2) is 60.8 Å². The summed E-state index contributed by atoms with van der Waals surface area (Å²) in [5.74, 6) is -1.60. The van der Waals surface area contributed by atoms with Gasteiger partial charge in [0.2, 0.25) is 0 Å². The number of carbonyl (C=O) groups excluding carboxylic acids is 1. The van der Waals surface area contributed by atoms with Crippen molar-refractivity contribution in [3.05, 3.63) is 83.4 Å². The van der Waals surface area contributed by atoms with Crippen LogP contribution in [-0.4, -0.2) is 10.9 Å². The van der Waals surface area contributed by atoms with Crippen LogP contribution in [0.4, 0.5) is 23.2 Å². The summed E-state index contributed by atoms with van der Waals surface area (Å²) < 4.78 is 58.2. The van der Waals surface area contributed by atoms with E-state index in [1.807, 2.05) is 0 Å². The van der Waals surface area contributed by atoms with E-state index in [0.29, 0.717) is 11.3 Å². The van der Waals surface area contributed by atoms with Gasteiger partial charge in [-0.2, -0.15) is 13.2 Å². The average Bonchev–Trinajstić information content (AvgIpc) is 2.62. The monoisotopic (exact) mass is 390 g/mol. The standard InChI is InChI=1S/C20H14F4N2O2/c1-12-10-17(18(25-11-12)20(22,23)24)28-14-8-6-13(7-9-14)26-19(27)15-4-2-3-5-16(15)21/h2-11H,1H3,(H,26,27). The number of amides is 1. The van der Waals surface area contributed by atoms with Crippen LogP contribution in [0.2, 0.25) is 0 Å². The first kappa shape index (κ1) is 19.3. The van der Waals surface area contributed by atoms with E-state index in [-0.39, 0.29) is 11.3 Å². The summed E-state index contributed by atoms with van der Waals surface area (Å²) in [4.78, 5) is 15.5.